The topological polar surface area (TPSA) is 138 Å². The lowest BCUT2D eigenvalue weighted by Gasteiger charge is -2.09. The van der Waals surface area contributed by atoms with Gasteiger partial charge in [-0.05, 0) is 30.6 Å². The number of carbonyl (C=O) groups excluding carboxylic acids is 2. The minimum absolute atomic E-state index is 0.0727. The number of benzene rings is 1. The fourth-order valence-electron chi connectivity index (χ4n) is 2.12. The third-order valence-corrected chi connectivity index (χ3v) is 5.29. The average Bonchev–Trinajstić information content (AvgIpc) is 3.29. The third kappa shape index (κ3) is 3.75. The van der Waals surface area contributed by atoms with Crippen molar-refractivity contribution >= 4 is 40.9 Å². The predicted octanol–water partition coefficient (Wildman–Crippen LogP) is 1.39. The van der Waals surface area contributed by atoms with E-state index in [1.54, 1.807) is 31.2 Å². The van der Waals surface area contributed by atoms with Crippen LogP contribution < -0.4 is 11.1 Å². The Morgan fingerprint density at radius 2 is 2.07 bits per heavy atom. The van der Waals surface area contributed by atoms with Gasteiger partial charge in [0.25, 0.3) is 5.91 Å². The fourth-order valence-corrected chi connectivity index (χ4v) is 3.87. The Kier molecular flexibility index (Phi) is 5.66. The summed E-state index contributed by atoms with van der Waals surface area (Å²) in [6.45, 7) is 1.91. The number of carbonyl (C=O) groups is 2. The van der Waals surface area contributed by atoms with Gasteiger partial charge in [0.2, 0.25) is 0 Å². The van der Waals surface area contributed by atoms with Crippen molar-refractivity contribution < 1.29 is 14.3 Å². The number of hydrogen-bond donors (Lipinski definition) is 2. The Morgan fingerprint density at radius 3 is 2.78 bits per heavy atom. The molecule has 1 aromatic carbocycles. The summed E-state index contributed by atoms with van der Waals surface area (Å²) >= 11 is 2.10. The van der Waals surface area contributed by atoms with E-state index >= 15 is 0 Å². The van der Waals surface area contributed by atoms with E-state index in [-0.39, 0.29) is 18.0 Å². The number of ether oxygens (including phenoxy) is 1. The smallest absolute Gasteiger partial charge is 0.361 e. The van der Waals surface area contributed by atoms with Gasteiger partial charge >= 0.3 is 5.97 Å². The van der Waals surface area contributed by atoms with E-state index in [1.165, 1.54) is 11.7 Å². The molecule has 0 unspecified atom stereocenters. The van der Waals surface area contributed by atoms with Gasteiger partial charge < -0.3 is 15.8 Å². The molecule has 10 nitrogen and oxygen atoms in total. The third-order valence-electron chi connectivity index (χ3n) is 3.35. The van der Waals surface area contributed by atoms with Crippen LogP contribution in [-0.2, 0) is 4.74 Å². The van der Waals surface area contributed by atoms with Crippen LogP contribution in [0.15, 0.2) is 33.5 Å². The summed E-state index contributed by atoms with van der Waals surface area (Å²) in [5.41, 5.74) is 7.21. The molecule has 2 heterocycles. The largest absolute Gasteiger partial charge is 0.461 e. The normalized spacial score (nSPS) is 10.6. The van der Waals surface area contributed by atoms with Gasteiger partial charge in [-0.25, -0.2) is 9.48 Å². The maximum Gasteiger partial charge on any atom is 0.361 e. The van der Waals surface area contributed by atoms with E-state index in [9.17, 15) is 9.59 Å². The number of nitrogens with zero attached hydrogens (tertiary/aromatic N) is 5. The van der Waals surface area contributed by atoms with Crippen molar-refractivity contribution in [1.82, 2.24) is 29.9 Å². The van der Waals surface area contributed by atoms with Crippen molar-refractivity contribution in [3.8, 4) is 5.69 Å². The van der Waals surface area contributed by atoms with Crippen LogP contribution >= 0.6 is 23.3 Å². The molecule has 27 heavy (non-hydrogen) atoms. The highest BCUT2D eigenvalue weighted by Crippen LogP contribution is 2.36. The van der Waals surface area contributed by atoms with Crippen molar-refractivity contribution in [3.05, 3.63) is 35.7 Å². The molecule has 0 aliphatic carbocycles. The highest BCUT2D eigenvalue weighted by Gasteiger charge is 2.26. The lowest BCUT2D eigenvalue weighted by molar-refractivity contribution is 0.0515. The highest BCUT2D eigenvalue weighted by atomic mass is 32.2. The van der Waals surface area contributed by atoms with Crippen LogP contribution in [0.5, 0.6) is 0 Å². The molecule has 0 saturated heterocycles. The Labute approximate surface area is 162 Å². The Bertz CT molecular complexity index is 985. The van der Waals surface area contributed by atoms with Gasteiger partial charge in [0, 0.05) is 7.05 Å². The number of hydrogen-bond acceptors (Lipinski definition) is 10. The van der Waals surface area contributed by atoms with E-state index in [0.717, 1.165) is 23.3 Å². The molecule has 0 atom stereocenters. The van der Waals surface area contributed by atoms with Gasteiger partial charge in [0.1, 0.15) is 9.24 Å². The second kappa shape index (κ2) is 8.14. The Hall–Kier alpha value is -2.99. The first-order valence-corrected chi connectivity index (χ1v) is 9.35. The molecule has 0 saturated carbocycles. The summed E-state index contributed by atoms with van der Waals surface area (Å²) in [7, 11) is 1.49. The zero-order valence-electron chi connectivity index (χ0n) is 14.4. The molecule has 140 valence electrons. The molecule has 3 N–H and O–H groups in total. The molecular formula is C15H15N7O3S2. The molecule has 0 aliphatic heterocycles. The number of amides is 1. The van der Waals surface area contributed by atoms with Gasteiger partial charge in [-0.1, -0.05) is 33.6 Å². The minimum atomic E-state index is -0.589. The van der Waals surface area contributed by atoms with Crippen molar-refractivity contribution in [2.24, 2.45) is 0 Å². The SMILES string of the molecule is CCOC(=O)c1nnsc1Sc1c(C(=O)NC)nnn1-c1ccccc1N. The van der Waals surface area contributed by atoms with Crippen LogP contribution in [0.25, 0.3) is 5.69 Å². The quantitative estimate of drug-likeness (QED) is 0.460. The average molecular weight is 405 g/mol. The van der Waals surface area contributed by atoms with Gasteiger partial charge in [0.05, 0.1) is 18.0 Å². The summed E-state index contributed by atoms with van der Waals surface area (Å²) in [6, 6.07) is 7.04. The molecule has 0 aliphatic rings. The van der Waals surface area contributed by atoms with E-state index in [0.29, 0.717) is 20.6 Å². The van der Waals surface area contributed by atoms with E-state index in [4.69, 9.17) is 10.5 Å². The monoisotopic (exact) mass is 405 g/mol. The number of nitrogen functional groups attached to an aromatic ring is 1. The molecular weight excluding hydrogens is 390 g/mol. The van der Waals surface area contributed by atoms with Crippen LogP contribution in [-0.4, -0.2) is 50.1 Å². The summed E-state index contributed by atoms with van der Waals surface area (Å²) < 4.78 is 10.7. The van der Waals surface area contributed by atoms with Gasteiger partial charge in [-0.2, -0.15) is 0 Å². The Morgan fingerprint density at radius 1 is 1.30 bits per heavy atom. The van der Waals surface area contributed by atoms with Crippen LogP contribution in [0.3, 0.4) is 0 Å². The van der Waals surface area contributed by atoms with E-state index < -0.39 is 11.9 Å². The number of aromatic nitrogens is 5. The van der Waals surface area contributed by atoms with Gasteiger partial charge in [0.15, 0.2) is 11.4 Å². The molecule has 3 rings (SSSR count). The first kappa shape index (κ1) is 18.8. The summed E-state index contributed by atoms with van der Waals surface area (Å²) in [4.78, 5) is 24.3. The van der Waals surface area contributed by atoms with Crippen molar-refractivity contribution in [3.63, 3.8) is 0 Å². The first-order valence-electron chi connectivity index (χ1n) is 7.76. The van der Waals surface area contributed by atoms with E-state index in [2.05, 4.69) is 25.2 Å². The molecule has 12 heteroatoms. The van der Waals surface area contributed by atoms with Crippen LogP contribution in [0.2, 0.25) is 0 Å². The van der Waals surface area contributed by atoms with Gasteiger partial charge in [-0.15, -0.1) is 10.2 Å². The van der Waals surface area contributed by atoms with Crippen molar-refractivity contribution in [1.29, 1.82) is 0 Å². The molecule has 0 bridgehead atoms. The molecule has 0 spiro atoms. The molecule has 2 aromatic heterocycles. The van der Waals surface area contributed by atoms with E-state index in [1.807, 2.05) is 0 Å². The molecule has 3 aromatic rings. The zero-order valence-corrected chi connectivity index (χ0v) is 16.0. The first-order chi connectivity index (χ1) is 13.1. The second-order valence-electron chi connectivity index (χ2n) is 5.02. The molecule has 0 fully saturated rings. The number of anilines is 1. The second-order valence-corrected chi connectivity index (χ2v) is 7.04. The van der Waals surface area contributed by atoms with Gasteiger partial charge in [-0.3, -0.25) is 4.79 Å². The molecule has 1 amide bonds. The van der Waals surface area contributed by atoms with Crippen LogP contribution in [0.1, 0.15) is 27.9 Å². The minimum Gasteiger partial charge on any atom is -0.461 e. The summed E-state index contributed by atoms with van der Waals surface area (Å²) in [5.74, 6) is -1.01. The maximum atomic E-state index is 12.2. The van der Waals surface area contributed by atoms with Crippen molar-refractivity contribution in [2.75, 3.05) is 19.4 Å². The number of esters is 1. The van der Waals surface area contributed by atoms with Crippen LogP contribution in [0.4, 0.5) is 5.69 Å². The number of rotatable bonds is 6. The number of para-hydroxylation sites is 2. The summed E-state index contributed by atoms with van der Waals surface area (Å²) in [6.07, 6.45) is 0. The predicted molar refractivity (Wildman–Crippen MR) is 99.2 cm³/mol. The maximum absolute atomic E-state index is 12.2. The molecule has 0 radical (unpaired) electrons. The lowest BCUT2D eigenvalue weighted by atomic mass is 10.3. The number of nitrogens with two attached hydrogens (primary N) is 1. The van der Waals surface area contributed by atoms with Crippen LogP contribution in [0, 0.1) is 0 Å². The van der Waals surface area contributed by atoms with Crippen molar-refractivity contribution in [2.45, 2.75) is 16.2 Å². The Balaban J connectivity index is 2.08. The fraction of sp³-hybridized carbons (Fsp3) is 0.200. The highest BCUT2D eigenvalue weighted by molar-refractivity contribution is 8.01. The zero-order chi connectivity index (χ0) is 19.4. The lowest BCUT2D eigenvalue weighted by Crippen LogP contribution is -2.19. The summed E-state index contributed by atoms with van der Waals surface area (Å²) in [5, 5.41) is 14.8. The standard InChI is InChI=1S/C15H15N7O3S2/c1-3-25-14(24)11-15(27-21-19-11)26-13-10(12(23)17-2)18-20-22(13)9-7-5-4-6-8(9)16/h4-7H,3,16H2,1-2H3,(H,17,23). The number of nitrogens with one attached hydrogen (secondary N) is 1.